The van der Waals surface area contributed by atoms with Gasteiger partial charge in [-0.05, 0) is 31.4 Å². The number of aliphatic hydroxyl groups is 1. The van der Waals surface area contributed by atoms with Crippen LogP contribution in [0, 0.1) is 5.92 Å². The van der Waals surface area contributed by atoms with Crippen LogP contribution in [0.4, 0.5) is 0 Å². The lowest BCUT2D eigenvalue weighted by Gasteiger charge is -2.37. The molecule has 6 nitrogen and oxygen atoms in total. The molecule has 1 aliphatic heterocycles. The average molecular weight is 319 g/mol. The van der Waals surface area contributed by atoms with Crippen molar-refractivity contribution in [2.75, 3.05) is 13.1 Å². The van der Waals surface area contributed by atoms with Gasteiger partial charge >= 0.3 is 0 Å². The van der Waals surface area contributed by atoms with E-state index in [0.29, 0.717) is 12.8 Å². The standard InChI is InChI=1S/C17H25N3O3/c18-15-10-12(3-4-16(15)21)17(22)20-8-5-13(6-9-20)23-14-2-1-7-19-11-14/h1-2,7,11-13,15-16,21H,3-6,8-10,18H2/t12-,15+,16+/m0/s1. The Morgan fingerprint density at radius 2 is 2.09 bits per heavy atom. The maximum Gasteiger partial charge on any atom is 0.225 e. The van der Waals surface area contributed by atoms with Crippen molar-refractivity contribution in [1.82, 2.24) is 9.88 Å². The second-order valence-electron chi connectivity index (χ2n) is 6.57. The molecular weight excluding hydrogens is 294 g/mol. The van der Waals surface area contributed by atoms with Gasteiger partial charge in [-0.1, -0.05) is 0 Å². The summed E-state index contributed by atoms with van der Waals surface area (Å²) in [6, 6.07) is 3.48. The maximum atomic E-state index is 12.6. The summed E-state index contributed by atoms with van der Waals surface area (Å²) < 4.78 is 5.91. The largest absolute Gasteiger partial charge is 0.489 e. The Labute approximate surface area is 136 Å². The molecule has 3 rings (SSSR count). The highest BCUT2D eigenvalue weighted by atomic mass is 16.5. The molecule has 2 aliphatic rings. The van der Waals surface area contributed by atoms with Crippen molar-refractivity contribution in [2.45, 2.75) is 50.4 Å². The number of nitrogens with zero attached hydrogens (tertiary/aromatic N) is 2. The number of pyridine rings is 1. The van der Waals surface area contributed by atoms with Gasteiger partial charge in [-0.2, -0.15) is 0 Å². The van der Waals surface area contributed by atoms with Crippen LogP contribution in [0.1, 0.15) is 32.1 Å². The first-order valence-electron chi connectivity index (χ1n) is 8.42. The molecule has 23 heavy (non-hydrogen) atoms. The van der Waals surface area contributed by atoms with Gasteiger partial charge in [0.1, 0.15) is 11.9 Å². The molecule has 126 valence electrons. The quantitative estimate of drug-likeness (QED) is 0.865. The maximum absolute atomic E-state index is 12.6. The van der Waals surface area contributed by atoms with E-state index in [0.717, 1.165) is 38.1 Å². The van der Waals surface area contributed by atoms with Crippen LogP contribution in [0.15, 0.2) is 24.5 Å². The van der Waals surface area contributed by atoms with Crippen LogP contribution in [0.2, 0.25) is 0 Å². The monoisotopic (exact) mass is 319 g/mol. The van der Waals surface area contributed by atoms with Crippen LogP contribution < -0.4 is 10.5 Å². The molecule has 1 saturated carbocycles. The molecule has 1 saturated heterocycles. The molecule has 1 aromatic rings. The van der Waals surface area contributed by atoms with E-state index in [1.165, 1.54) is 0 Å². The van der Waals surface area contributed by atoms with Crippen molar-refractivity contribution in [3.05, 3.63) is 24.5 Å². The highest BCUT2D eigenvalue weighted by Crippen LogP contribution is 2.27. The number of rotatable bonds is 3. The van der Waals surface area contributed by atoms with Crippen LogP contribution in [-0.2, 0) is 4.79 Å². The van der Waals surface area contributed by atoms with E-state index in [1.54, 1.807) is 12.4 Å². The van der Waals surface area contributed by atoms with Gasteiger partial charge in [0, 0.05) is 44.1 Å². The zero-order valence-corrected chi connectivity index (χ0v) is 13.3. The van der Waals surface area contributed by atoms with Crippen LogP contribution in [-0.4, -0.2) is 52.2 Å². The van der Waals surface area contributed by atoms with Crippen LogP contribution in [0.3, 0.4) is 0 Å². The molecule has 0 unspecified atom stereocenters. The summed E-state index contributed by atoms with van der Waals surface area (Å²) in [5.74, 6) is 0.931. The topological polar surface area (TPSA) is 88.7 Å². The number of aliphatic hydroxyl groups excluding tert-OH is 1. The third-order valence-corrected chi connectivity index (χ3v) is 4.90. The third kappa shape index (κ3) is 4.00. The number of likely N-dealkylation sites (tertiary alicyclic amines) is 1. The predicted molar refractivity (Wildman–Crippen MR) is 85.8 cm³/mol. The minimum absolute atomic E-state index is 0.0378. The Balaban J connectivity index is 1.48. The smallest absolute Gasteiger partial charge is 0.225 e. The molecule has 2 heterocycles. The predicted octanol–water partition coefficient (Wildman–Crippen LogP) is 0.940. The number of hydrogen-bond acceptors (Lipinski definition) is 5. The summed E-state index contributed by atoms with van der Waals surface area (Å²) in [7, 11) is 0. The van der Waals surface area contributed by atoms with Gasteiger partial charge in [-0.15, -0.1) is 0 Å². The summed E-state index contributed by atoms with van der Waals surface area (Å²) in [5.41, 5.74) is 5.90. The van der Waals surface area contributed by atoms with Gasteiger partial charge in [0.25, 0.3) is 0 Å². The number of hydrogen-bond donors (Lipinski definition) is 2. The minimum atomic E-state index is -0.460. The minimum Gasteiger partial charge on any atom is -0.489 e. The normalized spacial score (nSPS) is 29.3. The molecule has 0 bridgehead atoms. The highest BCUT2D eigenvalue weighted by Gasteiger charge is 2.34. The Hall–Kier alpha value is -1.66. The number of ether oxygens (including phenoxy) is 1. The van der Waals surface area contributed by atoms with E-state index in [9.17, 15) is 9.90 Å². The lowest BCUT2D eigenvalue weighted by atomic mass is 9.83. The Morgan fingerprint density at radius 1 is 1.30 bits per heavy atom. The molecule has 0 radical (unpaired) electrons. The molecule has 1 aliphatic carbocycles. The first kappa shape index (κ1) is 16.2. The van der Waals surface area contributed by atoms with Gasteiger partial charge in [0.2, 0.25) is 5.91 Å². The Morgan fingerprint density at radius 3 is 2.74 bits per heavy atom. The Bertz CT molecular complexity index is 517. The van der Waals surface area contributed by atoms with Crippen LogP contribution in [0.25, 0.3) is 0 Å². The molecule has 3 N–H and O–H groups in total. The fourth-order valence-corrected chi connectivity index (χ4v) is 3.48. The van der Waals surface area contributed by atoms with Gasteiger partial charge in [0.05, 0.1) is 12.3 Å². The molecule has 1 aromatic heterocycles. The average Bonchev–Trinajstić information content (AvgIpc) is 2.58. The fraction of sp³-hybridized carbons (Fsp3) is 0.647. The summed E-state index contributed by atoms with van der Waals surface area (Å²) in [5, 5.41) is 9.69. The van der Waals surface area contributed by atoms with Gasteiger partial charge in [-0.3, -0.25) is 9.78 Å². The van der Waals surface area contributed by atoms with Gasteiger partial charge < -0.3 is 20.5 Å². The van der Waals surface area contributed by atoms with Crippen molar-refractivity contribution in [3.63, 3.8) is 0 Å². The molecule has 6 heteroatoms. The van der Waals surface area contributed by atoms with Crippen molar-refractivity contribution >= 4 is 5.91 Å². The number of carbonyl (C=O) groups excluding carboxylic acids is 1. The van der Waals surface area contributed by atoms with Gasteiger partial charge in [-0.25, -0.2) is 0 Å². The zero-order valence-electron chi connectivity index (χ0n) is 13.3. The zero-order chi connectivity index (χ0) is 16.2. The van der Waals surface area contributed by atoms with Crippen molar-refractivity contribution in [3.8, 4) is 5.75 Å². The lowest BCUT2D eigenvalue weighted by Crippen LogP contribution is -2.48. The number of amides is 1. The molecule has 3 atom stereocenters. The summed E-state index contributed by atoms with van der Waals surface area (Å²) in [6.45, 7) is 1.44. The van der Waals surface area contributed by atoms with Crippen LogP contribution >= 0.6 is 0 Å². The highest BCUT2D eigenvalue weighted by molar-refractivity contribution is 5.79. The molecule has 0 aromatic carbocycles. The fourth-order valence-electron chi connectivity index (χ4n) is 3.48. The third-order valence-electron chi connectivity index (χ3n) is 4.90. The van der Waals surface area contributed by atoms with E-state index in [1.807, 2.05) is 17.0 Å². The Kier molecular flexibility index (Phi) is 5.13. The first-order chi connectivity index (χ1) is 11.1. The SMILES string of the molecule is N[C@@H]1C[C@@H](C(=O)N2CCC(Oc3cccnc3)CC2)CC[C@H]1O. The molecular formula is C17H25N3O3. The van der Waals surface area contributed by atoms with Gasteiger partial charge in [0.15, 0.2) is 0 Å². The number of aromatic nitrogens is 1. The van der Waals surface area contributed by atoms with E-state index in [4.69, 9.17) is 10.5 Å². The number of piperidine rings is 1. The molecule has 1 amide bonds. The summed E-state index contributed by atoms with van der Waals surface area (Å²) in [4.78, 5) is 18.6. The lowest BCUT2D eigenvalue weighted by molar-refractivity contribution is -0.139. The second kappa shape index (κ2) is 7.27. The molecule has 2 fully saturated rings. The number of nitrogens with two attached hydrogens (primary N) is 1. The molecule has 0 spiro atoms. The van der Waals surface area contributed by atoms with E-state index in [2.05, 4.69) is 4.98 Å². The van der Waals surface area contributed by atoms with E-state index < -0.39 is 6.10 Å². The van der Waals surface area contributed by atoms with Crippen molar-refractivity contribution in [2.24, 2.45) is 11.7 Å². The van der Waals surface area contributed by atoms with Crippen molar-refractivity contribution in [1.29, 1.82) is 0 Å². The van der Waals surface area contributed by atoms with E-state index >= 15 is 0 Å². The van der Waals surface area contributed by atoms with Crippen molar-refractivity contribution < 1.29 is 14.6 Å². The summed E-state index contributed by atoms with van der Waals surface area (Å²) >= 11 is 0. The van der Waals surface area contributed by atoms with E-state index in [-0.39, 0.29) is 24.0 Å². The number of carbonyl (C=O) groups is 1. The summed E-state index contributed by atoms with van der Waals surface area (Å²) in [6.07, 6.45) is 6.73. The first-order valence-corrected chi connectivity index (χ1v) is 8.42. The van der Waals surface area contributed by atoms with Crippen LogP contribution in [0.5, 0.6) is 5.75 Å². The second-order valence-corrected chi connectivity index (χ2v) is 6.57.